The van der Waals surface area contributed by atoms with E-state index in [0.29, 0.717) is 12.5 Å². The molecule has 0 bridgehead atoms. The number of fused-ring (bicyclic) bond motifs is 2. The minimum Gasteiger partial charge on any atom is -0.354 e. The number of para-hydroxylation sites is 1. The molecule has 0 saturated heterocycles. The van der Waals surface area contributed by atoms with Crippen molar-refractivity contribution in [1.82, 2.24) is 14.5 Å². The Hall–Kier alpha value is -3.08. The quantitative estimate of drug-likeness (QED) is 0.433. The van der Waals surface area contributed by atoms with Crippen molar-refractivity contribution in [2.75, 3.05) is 6.54 Å². The third kappa shape index (κ3) is 4.40. The second kappa shape index (κ2) is 8.74. The molecule has 0 fully saturated rings. The Labute approximate surface area is 176 Å². The zero-order valence-electron chi connectivity index (χ0n) is 17.6. The second-order valence-corrected chi connectivity index (χ2v) is 8.29. The van der Waals surface area contributed by atoms with E-state index in [0.717, 1.165) is 30.3 Å². The van der Waals surface area contributed by atoms with Crippen molar-refractivity contribution in [3.8, 4) is 0 Å². The van der Waals surface area contributed by atoms with Crippen LogP contribution in [-0.2, 0) is 24.3 Å². The van der Waals surface area contributed by atoms with Crippen LogP contribution in [0, 0.1) is 11.7 Å². The van der Waals surface area contributed by atoms with Gasteiger partial charge in [0.2, 0.25) is 5.91 Å². The van der Waals surface area contributed by atoms with Gasteiger partial charge in [0.25, 0.3) is 0 Å². The molecule has 0 spiro atoms. The number of aryl methyl sites for hydroxylation is 1. The van der Waals surface area contributed by atoms with Crippen molar-refractivity contribution < 1.29 is 9.18 Å². The highest BCUT2D eigenvalue weighted by atomic mass is 19.1. The maximum Gasteiger partial charge on any atom is 0.239 e. The Morgan fingerprint density at radius 3 is 2.73 bits per heavy atom. The lowest BCUT2D eigenvalue weighted by Gasteiger charge is -2.08. The third-order valence-electron chi connectivity index (χ3n) is 5.58. The molecular formula is C25H28FN3O. The minimum atomic E-state index is -0.295. The van der Waals surface area contributed by atoms with Crippen molar-refractivity contribution >= 4 is 27.7 Å². The fourth-order valence-corrected chi connectivity index (χ4v) is 3.95. The zero-order chi connectivity index (χ0) is 21.1. The standard InChI is InChI=1S/C25H28FN3O/c1-18(2)10-13-28-16-20(22-5-3-4-6-23(22)28)9-12-27-25(30)17-29-14-11-19-7-8-21(26)15-24(19)29/h3-8,11,14-16,18H,9-10,12-13,17H2,1-2H3,(H,27,30). The zero-order valence-corrected chi connectivity index (χ0v) is 17.6. The summed E-state index contributed by atoms with van der Waals surface area (Å²) in [5.74, 6) is 0.296. The molecule has 2 aromatic heterocycles. The second-order valence-electron chi connectivity index (χ2n) is 8.29. The van der Waals surface area contributed by atoms with Gasteiger partial charge in [-0.3, -0.25) is 4.79 Å². The first-order valence-electron chi connectivity index (χ1n) is 10.6. The van der Waals surface area contributed by atoms with Crippen LogP contribution in [0.4, 0.5) is 4.39 Å². The van der Waals surface area contributed by atoms with Crippen LogP contribution >= 0.6 is 0 Å². The fourth-order valence-electron chi connectivity index (χ4n) is 3.95. The summed E-state index contributed by atoms with van der Waals surface area (Å²) in [6.07, 6.45) is 5.97. The Morgan fingerprint density at radius 1 is 1.07 bits per heavy atom. The molecule has 0 aliphatic rings. The van der Waals surface area contributed by atoms with Crippen LogP contribution in [0.25, 0.3) is 21.8 Å². The van der Waals surface area contributed by atoms with Crippen LogP contribution in [0.1, 0.15) is 25.8 Å². The first kappa shape index (κ1) is 20.2. The van der Waals surface area contributed by atoms with E-state index in [-0.39, 0.29) is 18.3 Å². The van der Waals surface area contributed by atoms with E-state index < -0.39 is 0 Å². The van der Waals surface area contributed by atoms with Gasteiger partial charge in [-0.2, -0.15) is 0 Å². The van der Waals surface area contributed by atoms with Gasteiger partial charge in [-0.25, -0.2) is 4.39 Å². The maximum atomic E-state index is 13.5. The van der Waals surface area contributed by atoms with E-state index in [1.807, 2.05) is 12.3 Å². The monoisotopic (exact) mass is 405 g/mol. The molecule has 0 aliphatic carbocycles. The number of nitrogens with zero attached hydrogens (tertiary/aromatic N) is 2. The lowest BCUT2D eigenvalue weighted by molar-refractivity contribution is -0.121. The number of rotatable bonds is 8. The van der Waals surface area contributed by atoms with Crippen LogP contribution in [-0.4, -0.2) is 21.6 Å². The van der Waals surface area contributed by atoms with Crippen molar-refractivity contribution in [2.45, 2.75) is 39.8 Å². The van der Waals surface area contributed by atoms with Crippen LogP contribution in [0.5, 0.6) is 0 Å². The smallest absolute Gasteiger partial charge is 0.239 e. The van der Waals surface area contributed by atoms with E-state index in [1.165, 1.54) is 28.6 Å². The van der Waals surface area contributed by atoms with Crippen molar-refractivity contribution in [3.05, 3.63) is 72.3 Å². The molecule has 4 aromatic rings. The normalized spacial score (nSPS) is 11.6. The Balaban J connectivity index is 1.39. The fraction of sp³-hybridized carbons (Fsp3) is 0.320. The van der Waals surface area contributed by atoms with Crippen LogP contribution < -0.4 is 5.32 Å². The molecule has 5 heteroatoms. The number of benzene rings is 2. The van der Waals surface area contributed by atoms with Gasteiger partial charge in [-0.15, -0.1) is 0 Å². The summed E-state index contributed by atoms with van der Waals surface area (Å²) in [4.78, 5) is 12.4. The summed E-state index contributed by atoms with van der Waals surface area (Å²) in [7, 11) is 0. The molecule has 0 saturated carbocycles. The number of hydrogen-bond acceptors (Lipinski definition) is 1. The predicted molar refractivity (Wildman–Crippen MR) is 120 cm³/mol. The van der Waals surface area contributed by atoms with Crippen molar-refractivity contribution in [2.24, 2.45) is 5.92 Å². The average molecular weight is 406 g/mol. The van der Waals surface area contributed by atoms with Crippen LogP contribution in [0.3, 0.4) is 0 Å². The average Bonchev–Trinajstić information content (AvgIpc) is 3.28. The molecule has 4 nitrogen and oxygen atoms in total. The summed E-state index contributed by atoms with van der Waals surface area (Å²) in [5.41, 5.74) is 3.24. The number of carbonyl (C=O) groups is 1. The highest BCUT2D eigenvalue weighted by Crippen LogP contribution is 2.23. The van der Waals surface area contributed by atoms with Gasteiger partial charge in [-0.1, -0.05) is 32.0 Å². The van der Waals surface area contributed by atoms with Crippen LogP contribution in [0.2, 0.25) is 0 Å². The number of amides is 1. The van der Waals surface area contributed by atoms with Gasteiger partial charge in [0.1, 0.15) is 12.4 Å². The number of carbonyl (C=O) groups excluding carboxylic acids is 1. The van der Waals surface area contributed by atoms with Gasteiger partial charge in [0, 0.05) is 36.4 Å². The molecule has 0 unspecified atom stereocenters. The highest BCUT2D eigenvalue weighted by Gasteiger charge is 2.10. The largest absolute Gasteiger partial charge is 0.354 e. The van der Waals surface area contributed by atoms with E-state index >= 15 is 0 Å². The molecular weight excluding hydrogens is 377 g/mol. The van der Waals surface area contributed by atoms with E-state index in [9.17, 15) is 9.18 Å². The molecule has 1 amide bonds. The molecule has 4 rings (SSSR count). The Morgan fingerprint density at radius 2 is 1.90 bits per heavy atom. The maximum absolute atomic E-state index is 13.5. The number of hydrogen-bond donors (Lipinski definition) is 1. The SMILES string of the molecule is CC(C)CCn1cc(CCNC(=O)Cn2ccc3ccc(F)cc32)c2ccccc21. The lowest BCUT2D eigenvalue weighted by atomic mass is 10.1. The van der Waals surface area contributed by atoms with Gasteiger partial charge in [0.05, 0.1) is 5.52 Å². The molecule has 2 aromatic carbocycles. The lowest BCUT2D eigenvalue weighted by Crippen LogP contribution is -2.29. The first-order chi connectivity index (χ1) is 14.5. The van der Waals surface area contributed by atoms with Gasteiger partial charge >= 0.3 is 0 Å². The minimum absolute atomic E-state index is 0.0692. The molecule has 0 aliphatic heterocycles. The molecule has 0 radical (unpaired) electrons. The molecule has 30 heavy (non-hydrogen) atoms. The summed E-state index contributed by atoms with van der Waals surface area (Å²) in [6.45, 7) is 6.24. The van der Waals surface area contributed by atoms with E-state index in [2.05, 4.69) is 54.2 Å². The topological polar surface area (TPSA) is 39.0 Å². The van der Waals surface area contributed by atoms with E-state index in [4.69, 9.17) is 0 Å². The third-order valence-corrected chi connectivity index (χ3v) is 5.58. The van der Waals surface area contributed by atoms with E-state index in [1.54, 1.807) is 10.6 Å². The van der Waals surface area contributed by atoms with Crippen molar-refractivity contribution in [1.29, 1.82) is 0 Å². The number of aromatic nitrogens is 2. The summed E-state index contributed by atoms with van der Waals surface area (Å²) >= 11 is 0. The van der Waals surface area contributed by atoms with Gasteiger partial charge in [-0.05, 0) is 60.0 Å². The summed E-state index contributed by atoms with van der Waals surface area (Å²) in [6, 6.07) is 15.0. The van der Waals surface area contributed by atoms with Gasteiger partial charge in [0.15, 0.2) is 0 Å². The van der Waals surface area contributed by atoms with Crippen molar-refractivity contribution in [3.63, 3.8) is 0 Å². The Bertz CT molecular complexity index is 1170. The van der Waals surface area contributed by atoms with Gasteiger partial charge < -0.3 is 14.5 Å². The number of halogens is 1. The highest BCUT2D eigenvalue weighted by molar-refractivity contribution is 5.85. The van der Waals surface area contributed by atoms with Crippen LogP contribution in [0.15, 0.2) is 60.9 Å². The summed E-state index contributed by atoms with van der Waals surface area (Å²) < 4.78 is 17.6. The predicted octanol–water partition coefficient (Wildman–Crippen LogP) is 5.14. The molecule has 1 N–H and O–H groups in total. The molecule has 2 heterocycles. The Kier molecular flexibility index (Phi) is 5.88. The first-order valence-corrected chi connectivity index (χ1v) is 10.6. The summed E-state index contributed by atoms with van der Waals surface area (Å²) in [5, 5.41) is 5.19. The molecule has 156 valence electrons. The number of nitrogens with one attached hydrogen (secondary N) is 1. The molecule has 0 atom stereocenters.